The van der Waals surface area contributed by atoms with Gasteiger partial charge in [-0.25, -0.2) is 9.37 Å². The summed E-state index contributed by atoms with van der Waals surface area (Å²) in [6.45, 7) is 6.07. The average molecular weight is 381 g/mol. The lowest BCUT2D eigenvalue weighted by atomic mass is 9.97. The van der Waals surface area contributed by atoms with Gasteiger partial charge >= 0.3 is 0 Å². The van der Waals surface area contributed by atoms with Crippen LogP contribution in [0.15, 0.2) is 52.0 Å². The fourth-order valence-corrected chi connectivity index (χ4v) is 2.91. The van der Waals surface area contributed by atoms with E-state index in [0.717, 1.165) is 0 Å². The number of oxime groups is 1. The molecule has 0 saturated heterocycles. The molecule has 0 aliphatic carbocycles. The Morgan fingerprint density at radius 1 is 1.21 bits per heavy atom. The molecule has 4 rings (SSSR count). The highest BCUT2D eigenvalue weighted by Crippen LogP contribution is 2.27. The molecule has 0 spiro atoms. The van der Waals surface area contributed by atoms with Crippen LogP contribution in [-0.4, -0.2) is 22.7 Å². The molecule has 1 unspecified atom stereocenters. The molecule has 3 aromatic rings. The topological polar surface area (TPSA) is 76.7 Å². The molecule has 1 aromatic heterocycles. The van der Waals surface area contributed by atoms with E-state index < -0.39 is 6.10 Å². The van der Waals surface area contributed by atoms with Crippen molar-refractivity contribution in [2.24, 2.45) is 5.16 Å². The van der Waals surface area contributed by atoms with Gasteiger partial charge in [0.1, 0.15) is 11.3 Å². The highest BCUT2D eigenvalue weighted by molar-refractivity contribution is 6.06. The summed E-state index contributed by atoms with van der Waals surface area (Å²) in [6.07, 6.45) is -0.494. The number of fused-ring (bicyclic) bond motifs is 1. The van der Waals surface area contributed by atoms with E-state index in [-0.39, 0.29) is 23.6 Å². The van der Waals surface area contributed by atoms with Crippen LogP contribution >= 0.6 is 0 Å². The Morgan fingerprint density at radius 2 is 2.04 bits per heavy atom. The number of anilines is 1. The van der Waals surface area contributed by atoms with Crippen molar-refractivity contribution in [3.63, 3.8) is 0 Å². The van der Waals surface area contributed by atoms with E-state index >= 15 is 0 Å². The smallest absolute Gasteiger partial charge is 0.268 e. The first-order valence-electron chi connectivity index (χ1n) is 9.00. The van der Waals surface area contributed by atoms with E-state index in [1.807, 2.05) is 20.8 Å². The molecule has 1 N–H and O–H groups in total. The van der Waals surface area contributed by atoms with Gasteiger partial charge in [0.25, 0.3) is 5.91 Å². The highest BCUT2D eigenvalue weighted by Gasteiger charge is 2.29. The second-order valence-electron chi connectivity index (χ2n) is 7.79. The minimum atomic E-state index is -0.767. The van der Waals surface area contributed by atoms with Crippen LogP contribution < -0.4 is 5.32 Å². The largest absolute Gasteiger partial charge is 0.440 e. The number of benzene rings is 2. The number of carbonyl (C=O) groups is 1. The zero-order valence-corrected chi connectivity index (χ0v) is 15.8. The van der Waals surface area contributed by atoms with Gasteiger partial charge in [-0.2, -0.15) is 0 Å². The van der Waals surface area contributed by atoms with Gasteiger partial charge in [0.2, 0.25) is 12.0 Å². The number of nitrogens with zero attached hydrogens (tertiary/aromatic N) is 2. The standard InChI is InChI=1S/C21H20FN3O3/c1-21(2,3)20-24-16-10-14(7-8-17(16)27-20)23-19(26)18-11-15(25-28-18)12-5-4-6-13(22)9-12/h4-10,18H,11H2,1-3H3,(H,23,26). The van der Waals surface area contributed by atoms with Crippen molar-refractivity contribution < 1.29 is 18.4 Å². The summed E-state index contributed by atoms with van der Waals surface area (Å²) in [4.78, 5) is 22.3. The van der Waals surface area contributed by atoms with Gasteiger partial charge in [0.05, 0.1) is 5.71 Å². The van der Waals surface area contributed by atoms with E-state index in [2.05, 4.69) is 15.5 Å². The SMILES string of the molecule is CC(C)(C)c1nc2cc(NC(=O)C3CC(c4cccc(F)c4)=NO3)ccc2o1. The molecule has 0 radical (unpaired) electrons. The summed E-state index contributed by atoms with van der Waals surface area (Å²) in [7, 11) is 0. The van der Waals surface area contributed by atoms with Gasteiger partial charge in [-0.3, -0.25) is 4.79 Å². The maximum absolute atomic E-state index is 13.4. The van der Waals surface area contributed by atoms with Crippen molar-refractivity contribution >= 4 is 28.4 Å². The molecule has 0 bridgehead atoms. The number of aromatic nitrogens is 1. The molecular weight excluding hydrogens is 361 g/mol. The monoisotopic (exact) mass is 381 g/mol. The maximum atomic E-state index is 13.4. The quantitative estimate of drug-likeness (QED) is 0.730. The Kier molecular flexibility index (Phi) is 4.37. The Labute approximate surface area is 161 Å². The van der Waals surface area contributed by atoms with Crippen molar-refractivity contribution in [3.8, 4) is 0 Å². The molecule has 7 heteroatoms. The van der Waals surface area contributed by atoms with Gasteiger partial charge < -0.3 is 14.6 Å². The second kappa shape index (κ2) is 6.74. The van der Waals surface area contributed by atoms with Crippen LogP contribution in [-0.2, 0) is 15.0 Å². The van der Waals surface area contributed by atoms with Crippen molar-refractivity contribution in [2.45, 2.75) is 38.7 Å². The Morgan fingerprint density at radius 3 is 2.79 bits per heavy atom. The maximum Gasteiger partial charge on any atom is 0.268 e. The molecule has 2 heterocycles. The number of carbonyl (C=O) groups excluding carboxylic acids is 1. The third kappa shape index (κ3) is 3.60. The molecule has 1 amide bonds. The molecule has 0 saturated carbocycles. The lowest BCUT2D eigenvalue weighted by molar-refractivity contribution is -0.125. The van der Waals surface area contributed by atoms with Crippen LogP contribution in [0.3, 0.4) is 0 Å². The van der Waals surface area contributed by atoms with Crippen LogP contribution in [0, 0.1) is 5.82 Å². The summed E-state index contributed by atoms with van der Waals surface area (Å²) < 4.78 is 19.1. The van der Waals surface area contributed by atoms with Crippen LogP contribution in [0.25, 0.3) is 11.1 Å². The lowest BCUT2D eigenvalue weighted by Crippen LogP contribution is -2.28. The van der Waals surface area contributed by atoms with Gasteiger partial charge in [-0.1, -0.05) is 38.1 Å². The molecule has 2 aromatic carbocycles. The first-order valence-corrected chi connectivity index (χ1v) is 9.00. The van der Waals surface area contributed by atoms with Crippen molar-refractivity contribution in [2.75, 3.05) is 5.32 Å². The van der Waals surface area contributed by atoms with Crippen molar-refractivity contribution in [1.29, 1.82) is 0 Å². The van der Waals surface area contributed by atoms with E-state index in [1.165, 1.54) is 12.1 Å². The fraction of sp³-hybridized carbons (Fsp3) is 0.286. The number of halogens is 1. The van der Waals surface area contributed by atoms with E-state index in [0.29, 0.717) is 34.0 Å². The number of amides is 1. The summed E-state index contributed by atoms with van der Waals surface area (Å²) in [5.41, 5.74) is 2.87. The summed E-state index contributed by atoms with van der Waals surface area (Å²) in [6, 6.07) is 11.3. The second-order valence-corrected chi connectivity index (χ2v) is 7.79. The zero-order chi connectivity index (χ0) is 19.9. The zero-order valence-electron chi connectivity index (χ0n) is 15.8. The van der Waals surface area contributed by atoms with E-state index in [9.17, 15) is 9.18 Å². The number of rotatable bonds is 3. The lowest BCUT2D eigenvalue weighted by Gasteiger charge is -2.11. The third-order valence-corrected chi connectivity index (χ3v) is 4.42. The Hall–Kier alpha value is -3.22. The Balaban J connectivity index is 1.45. The first-order chi connectivity index (χ1) is 13.3. The predicted molar refractivity (Wildman–Crippen MR) is 104 cm³/mol. The van der Waals surface area contributed by atoms with Crippen molar-refractivity contribution in [1.82, 2.24) is 4.98 Å². The summed E-state index contributed by atoms with van der Waals surface area (Å²) in [5, 5.41) is 6.75. The predicted octanol–water partition coefficient (Wildman–Crippen LogP) is 4.40. The average Bonchev–Trinajstić information content (AvgIpc) is 3.28. The summed E-state index contributed by atoms with van der Waals surface area (Å²) in [5.74, 6) is -0.0454. The van der Waals surface area contributed by atoms with Gasteiger partial charge in [0.15, 0.2) is 5.58 Å². The molecule has 1 atom stereocenters. The minimum Gasteiger partial charge on any atom is -0.440 e. The van der Waals surface area contributed by atoms with E-state index in [4.69, 9.17) is 9.25 Å². The van der Waals surface area contributed by atoms with Crippen LogP contribution in [0.2, 0.25) is 0 Å². The molecule has 0 fully saturated rings. The molecular formula is C21H20FN3O3. The summed E-state index contributed by atoms with van der Waals surface area (Å²) >= 11 is 0. The van der Waals surface area contributed by atoms with Crippen LogP contribution in [0.4, 0.5) is 10.1 Å². The number of nitrogens with one attached hydrogen (secondary N) is 1. The fourth-order valence-electron chi connectivity index (χ4n) is 2.91. The molecule has 28 heavy (non-hydrogen) atoms. The highest BCUT2D eigenvalue weighted by atomic mass is 19.1. The van der Waals surface area contributed by atoms with Crippen LogP contribution in [0.5, 0.6) is 0 Å². The van der Waals surface area contributed by atoms with Crippen LogP contribution in [0.1, 0.15) is 38.6 Å². The van der Waals surface area contributed by atoms with Crippen molar-refractivity contribution in [3.05, 3.63) is 59.7 Å². The minimum absolute atomic E-state index is 0.204. The number of hydrogen-bond donors (Lipinski definition) is 1. The molecule has 1 aliphatic rings. The molecule has 144 valence electrons. The van der Waals surface area contributed by atoms with Gasteiger partial charge in [-0.15, -0.1) is 0 Å². The molecule has 6 nitrogen and oxygen atoms in total. The molecule has 1 aliphatic heterocycles. The number of oxazole rings is 1. The van der Waals surface area contributed by atoms with E-state index in [1.54, 1.807) is 30.3 Å². The third-order valence-electron chi connectivity index (χ3n) is 4.42. The Bertz CT molecular complexity index is 1080. The van der Waals surface area contributed by atoms with Gasteiger partial charge in [0, 0.05) is 23.1 Å². The normalized spacial score (nSPS) is 16.7. The first kappa shape index (κ1) is 18.2. The number of hydrogen-bond acceptors (Lipinski definition) is 5. The van der Waals surface area contributed by atoms with Gasteiger partial charge in [-0.05, 0) is 30.3 Å².